The van der Waals surface area contributed by atoms with E-state index in [-0.39, 0.29) is 79.6 Å². The molecular formula is C89H113N23O16. The summed E-state index contributed by atoms with van der Waals surface area (Å²) in [7, 11) is 0. The SMILES string of the molecule is CCOC(=O)OC(=O)N1CCC(C[C@H](N)C(=O)N2CCN(c3ccncc3)CC2)CC1.Cc1cc(C[C@@H](NC(=O)N2CCC(N3C(=O)Cc4ncccc43)CC2)C(=O)N[C@@H](CC2CCN(C(=O)CC(=O)[O-])CC2)C(=O)N2CCN(c3ccncc3)CC2)cc2cn[nH]c12.Cc1cc(C[C@@H](NC(=O)N2CCC(N3C(=O)Cc4ncccc43)CC2)C(=O)O)cc2cn[nH]c12.[NH4+]. The van der Waals surface area contributed by atoms with Crippen molar-refractivity contribution in [1.29, 1.82) is 0 Å². The molecule has 39 nitrogen and oxygen atoms in total. The number of benzene rings is 2. The fourth-order valence-electron chi connectivity index (χ4n) is 18.5. The number of quaternary nitrogens is 1. The maximum atomic E-state index is 14.7. The molecule has 8 aromatic rings. The van der Waals surface area contributed by atoms with Crippen molar-refractivity contribution in [2.45, 2.75) is 153 Å². The molecule has 2 aromatic carbocycles. The normalized spacial score (nSPS) is 17.9. The number of likely N-dealkylation sites (tertiary alicyclic amines) is 4. The van der Waals surface area contributed by atoms with E-state index in [1.165, 1.54) is 9.80 Å². The molecular weight excluding hydrogens is 1650 g/mol. The number of hydrogen-bond acceptors (Lipinski definition) is 24. The number of carboxylic acids is 2. The van der Waals surface area contributed by atoms with Crippen LogP contribution in [0.3, 0.4) is 0 Å². The van der Waals surface area contributed by atoms with Gasteiger partial charge in [-0.2, -0.15) is 10.2 Å². The Morgan fingerprint density at radius 1 is 0.523 bits per heavy atom. The summed E-state index contributed by atoms with van der Waals surface area (Å²) in [5, 5.41) is 45.5. The highest BCUT2D eigenvalue weighted by molar-refractivity contribution is 6.02. The number of aryl methyl sites for hydroxylation is 2. The zero-order valence-electron chi connectivity index (χ0n) is 72.6. The lowest BCUT2D eigenvalue weighted by molar-refractivity contribution is -0.304. The van der Waals surface area contributed by atoms with E-state index in [9.17, 15) is 67.7 Å². The van der Waals surface area contributed by atoms with Crippen LogP contribution in [0.5, 0.6) is 0 Å². The number of anilines is 4. The van der Waals surface area contributed by atoms with Gasteiger partial charge < -0.3 is 101 Å². The zero-order chi connectivity index (χ0) is 89.4. The van der Waals surface area contributed by atoms with Crippen molar-refractivity contribution in [3.63, 3.8) is 0 Å². The van der Waals surface area contributed by atoms with E-state index in [0.29, 0.717) is 162 Å². The quantitative estimate of drug-likeness (QED) is 0.0334. The summed E-state index contributed by atoms with van der Waals surface area (Å²) in [5.41, 5.74) is 16.9. The number of urea groups is 2. The lowest BCUT2D eigenvalue weighted by atomic mass is 9.89. The lowest BCUT2D eigenvalue weighted by Gasteiger charge is -2.39. The van der Waals surface area contributed by atoms with Crippen molar-refractivity contribution in [3.8, 4) is 0 Å². The number of carbonyl (C=O) groups excluding carboxylic acids is 11. The molecule has 680 valence electrons. The fourth-order valence-corrected chi connectivity index (χ4v) is 18.5. The van der Waals surface area contributed by atoms with E-state index in [1.807, 2.05) is 101 Å². The van der Waals surface area contributed by atoms with Crippen molar-refractivity contribution in [2.75, 3.05) is 131 Å². The largest absolute Gasteiger partial charge is 0.550 e. The number of fused-ring (bicyclic) bond motifs is 4. The number of nitrogens with two attached hydrogens (primary N) is 1. The van der Waals surface area contributed by atoms with Gasteiger partial charge in [0.15, 0.2) is 0 Å². The molecule has 11 amide bonds. The molecule has 8 aliphatic heterocycles. The summed E-state index contributed by atoms with van der Waals surface area (Å²) in [4.78, 5) is 188. The first-order chi connectivity index (χ1) is 61.4. The second-order valence-electron chi connectivity index (χ2n) is 33.5. The van der Waals surface area contributed by atoms with Crippen LogP contribution >= 0.6 is 0 Å². The second kappa shape index (κ2) is 42.7. The number of carbonyl (C=O) groups is 12. The predicted molar refractivity (Wildman–Crippen MR) is 469 cm³/mol. The molecule has 0 saturated carbocycles. The first-order valence-corrected chi connectivity index (χ1v) is 43.6. The van der Waals surface area contributed by atoms with Gasteiger partial charge in [0.25, 0.3) is 0 Å². The Morgan fingerprint density at radius 2 is 0.961 bits per heavy atom. The lowest BCUT2D eigenvalue weighted by Crippen LogP contribution is -2.59. The third-order valence-corrected chi connectivity index (χ3v) is 25.3. The van der Waals surface area contributed by atoms with Crippen LogP contribution in [0.25, 0.3) is 21.8 Å². The molecule has 6 aromatic heterocycles. The number of amides is 11. The Kier molecular flexibility index (Phi) is 30.8. The first-order valence-electron chi connectivity index (χ1n) is 43.6. The van der Waals surface area contributed by atoms with Crippen molar-refractivity contribution < 1.29 is 77.2 Å². The van der Waals surface area contributed by atoms with Gasteiger partial charge in [-0.3, -0.25) is 58.9 Å². The zero-order valence-corrected chi connectivity index (χ0v) is 72.6. The summed E-state index contributed by atoms with van der Waals surface area (Å²) in [6, 6.07) is 18.5. The fraction of sp³-hybridized carbons (Fsp3) is 0.483. The first kappa shape index (κ1) is 92.2. The molecule has 12 N–H and O–H groups in total. The van der Waals surface area contributed by atoms with Gasteiger partial charge in [0.2, 0.25) is 35.4 Å². The minimum atomic E-state index is -1.43. The Hall–Kier alpha value is -13.5. The van der Waals surface area contributed by atoms with Gasteiger partial charge >= 0.3 is 30.3 Å². The average Bonchev–Trinajstić information content (AvgIpc) is 1.64. The monoisotopic (exact) mass is 1760 g/mol. The van der Waals surface area contributed by atoms with Crippen LogP contribution < -0.4 is 52.5 Å². The molecule has 0 spiro atoms. The molecule has 16 rings (SSSR count). The molecule has 8 aliphatic rings. The topological polar surface area (TPSA) is 507 Å². The van der Waals surface area contributed by atoms with E-state index < -0.39 is 78.7 Å². The number of piperazine rings is 2. The number of ether oxygens (including phenoxy) is 2. The van der Waals surface area contributed by atoms with Gasteiger partial charge in [-0.15, -0.1) is 0 Å². The minimum Gasteiger partial charge on any atom is -0.550 e. The minimum absolute atomic E-state index is 0. The maximum absolute atomic E-state index is 14.7. The number of H-pyrrole nitrogens is 2. The number of piperidine rings is 4. The molecule has 6 saturated heterocycles. The van der Waals surface area contributed by atoms with Crippen molar-refractivity contribution >= 4 is 116 Å². The summed E-state index contributed by atoms with van der Waals surface area (Å²) >= 11 is 0. The van der Waals surface area contributed by atoms with Gasteiger partial charge in [0.05, 0.1) is 84.1 Å². The number of nitrogens with one attached hydrogen (secondary N) is 5. The number of rotatable bonds is 22. The maximum Gasteiger partial charge on any atom is 0.517 e. The van der Waals surface area contributed by atoms with Crippen LogP contribution in [0.4, 0.5) is 41.9 Å². The van der Waals surface area contributed by atoms with Gasteiger partial charge in [-0.05, 0) is 180 Å². The van der Waals surface area contributed by atoms with Gasteiger partial charge in [-0.25, -0.2) is 24.0 Å². The number of aromatic nitrogens is 8. The van der Waals surface area contributed by atoms with Gasteiger partial charge in [0.1, 0.15) is 18.1 Å². The highest BCUT2D eigenvalue weighted by atomic mass is 16.7. The molecule has 0 radical (unpaired) electrons. The average molecular weight is 1760 g/mol. The number of carboxylic acid groups (broad SMARTS) is 2. The van der Waals surface area contributed by atoms with Crippen LogP contribution in [0.2, 0.25) is 0 Å². The third-order valence-electron chi connectivity index (χ3n) is 25.3. The number of nitrogens with zero attached hydrogens (tertiary/aromatic N) is 16. The van der Waals surface area contributed by atoms with Crippen LogP contribution in [-0.2, 0) is 73.5 Å². The van der Waals surface area contributed by atoms with E-state index in [4.69, 9.17) is 5.73 Å². The Bertz CT molecular complexity index is 5270. The standard InChI is InChI=1S/C44H53N11O7.C24H26N6O4.C21H31N5O5.H3N/c1-28-21-30(22-31-27-47-50-41(28)31)24-35(49-44(62)54-15-8-33(9-16-54)55-37-3-2-10-46-34(37)25-39(55)57)42(60)48-36(23-29-6-13-52(14-7-29)38(56)26-40(58)59)43(61)53-19-17-51(18-20-53)32-4-11-45-12-5-32;1-14-9-15(10-16-13-26-28-22(14)16)11-19(23(32)33)27-24(34)29-7-4-17(5-8-29)30-20-3-2-6-25-18(20)12-21(30)31;1-2-30-21(29)31-20(28)26-9-5-16(6-10-26)15-18(22)19(27)25-13-11-24(12-14-25)17-3-7-23-8-4-17;/h2-5,10-12,21-22,27,29,33,35-36H,6-9,13-20,23-26H2,1H3,(H,47,50)(H,48,60)(H,49,62)(H,58,59);2-3,6,9-10,13,17,19H,4-5,7-8,11-12H2,1H3,(H,26,28)(H,27,34)(H,32,33);3-4,7-8,16,18H,2,5-6,9-15,22H2,1H3;1H3/t35-,36+;19-;18-;/m110./s1. The van der Waals surface area contributed by atoms with Crippen LogP contribution in [0, 0.1) is 25.7 Å². The van der Waals surface area contributed by atoms with Gasteiger partial charge in [0, 0.05) is 189 Å². The predicted octanol–water partition coefficient (Wildman–Crippen LogP) is 4.79. The highest BCUT2D eigenvalue weighted by Crippen LogP contribution is 2.36. The number of aromatic amines is 2. The smallest absolute Gasteiger partial charge is 0.517 e. The molecule has 6 fully saturated rings. The second-order valence-corrected chi connectivity index (χ2v) is 33.5. The molecule has 128 heavy (non-hydrogen) atoms. The van der Waals surface area contributed by atoms with E-state index in [0.717, 1.165) is 91.3 Å². The number of aliphatic carboxylic acids is 2. The number of hydrogen-bond donors (Lipinski definition) is 8. The van der Waals surface area contributed by atoms with E-state index in [1.54, 1.807) is 71.2 Å². The molecule has 0 unspecified atom stereocenters. The molecule has 4 atom stereocenters. The Labute approximate surface area is 739 Å². The Morgan fingerprint density at radius 3 is 1.42 bits per heavy atom. The van der Waals surface area contributed by atoms with Crippen molar-refractivity contribution in [2.24, 2.45) is 17.6 Å². The van der Waals surface area contributed by atoms with Crippen LogP contribution in [0.1, 0.15) is 111 Å². The van der Waals surface area contributed by atoms with E-state index in [2.05, 4.69) is 75.6 Å². The summed E-state index contributed by atoms with van der Waals surface area (Å²) in [6.45, 7) is 13.8. The summed E-state index contributed by atoms with van der Waals surface area (Å²) < 4.78 is 9.26. The third kappa shape index (κ3) is 22.8. The highest BCUT2D eigenvalue weighted by Gasteiger charge is 2.42. The van der Waals surface area contributed by atoms with Crippen molar-refractivity contribution in [1.82, 2.24) is 91.8 Å². The van der Waals surface area contributed by atoms with Crippen LogP contribution in [-0.4, -0.2) is 294 Å². The molecule has 0 aliphatic carbocycles. The summed E-state index contributed by atoms with van der Waals surface area (Å²) in [6.07, 6.45) is 18.1. The molecule has 0 bridgehead atoms. The molecule has 39 heteroatoms. The number of pyridine rings is 4. The Balaban J connectivity index is 0.000000179. The summed E-state index contributed by atoms with van der Waals surface area (Å²) in [5.74, 6) is -3.51. The van der Waals surface area contributed by atoms with Gasteiger partial charge in [-0.1, -0.05) is 12.1 Å². The van der Waals surface area contributed by atoms with E-state index >= 15 is 0 Å². The van der Waals surface area contributed by atoms with Crippen LogP contribution in [0.15, 0.2) is 122 Å². The van der Waals surface area contributed by atoms with Crippen molar-refractivity contribution in [3.05, 3.63) is 156 Å². The molecule has 14 heterocycles.